The molecule has 0 radical (unpaired) electrons. The first-order chi connectivity index (χ1) is 10.0. The first-order valence-corrected chi connectivity index (χ1v) is 6.77. The number of anilines is 1. The highest BCUT2D eigenvalue weighted by molar-refractivity contribution is 6.10. The number of hydrogen-bond acceptors (Lipinski definition) is 3. The SMILES string of the molecule is CCCCN(C)C(=O)N(C(=O)O)c1nc2ccccc2[nH]1. The third-order valence-electron chi connectivity index (χ3n) is 3.14. The number of para-hydroxylation sites is 2. The van der Waals surface area contributed by atoms with Gasteiger partial charge in [0.05, 0.1) is 11.0 Å². The van der Waals surface area contributed by atoms with Crippen molar-refractivity contribution in [3.05, 3.63) is 24.3 Å². The van der Waals surface area contributed by atoms with Crippen LogP contribution in [0, 0.1) is 0 Å². The van der Waals surface area contributed by atoms with Crippen molar-refractivity contribution in [2.75, 3.05) is 18.5 Å². The second-order valence-corrected chi connectivity index (χ2v) is 4.75. The molecule has 2 rings (SSSR count). The highest BCUT2D eigenvalue weighted by Gasteiger charge is 2.28. The molecule has 1 aromatic heterocycles. The van der Waals surface area contributed by atoms with Crippen molar-refractivity contribution in [1.82, 2.24) is 14.9 Å². The maximum Gasteiger partial charge on any atom is 0.422 e. The average Bonchev–Trinajstić information content (AvgIpc) is 2.87. The quantitative estimate of drug-likeness (QED) is 0.906. The first kappa shape index (κ1) is 14.8. The number of hydrogen-bond donors (Lipinski definition) is 2. The Bertz CT molecular complexity index is 619. The number of carbonyl (C=O) groups is 2. The lowest BCUT2D eigenvalue weighted by Gasteiger charge is -2.22. The first-order valence-electron chi connectivity index (χ1n) is 6.77. The number of carbonyl (C=O) groups excluding carboxylic acids is 1. The molecule has 0 fully saturated rings. The minimum Gasteiger partial charge on any atom is -0.464 e. The molecular weight excluding hydrogens is 272 g/mol. The molecular formula is C14H18N4O3. The summed E-state index contributed by atoms with van der Waals surface area (Å²) in [6, 6.07) is 6.52. The zero-order valence-electron chi connectivity index (χ0n) is 12.0. The Balaban J connectivity index is 2.30. The molecule has 0 atom stereocenters. The molecule has 7 heteroatoms. The van der Waals surface area contributed by atoms with E-state index >= 15 is 0 Å². The van der Waals surface area contributed by atoms with Gasteiger partial charge in [0.25, 0.3) is 0 Å². The number of aromatic nitrogens is 2. The van der Waals surface area contributed by atoms with Crippen LogP contribution in [0.2, 0.25) is 0 Å². The standard InChI is InChI=1S/C14H18N4O3/c1-3-4-9-17(2)13(19)18(14(20)21)12-15-10-7-5-6-8-11(10)16-12/h5-8H,3-4,9H2,1-2H3,(H,15,16)(H,20,21). The topological polar surface area (TPSA) is 89.5 Å². The normalized spacial score (nSPS) is 10.6. The largest absolute Gasteiger partial charge is 0.464 e. The average molecular weight is 290 g/mol. The maximum atomic E-state index is 12.3. The second-order valence-electron chi connectivity index (χ2n) is 4.75. The van der Waals surface area contributed by atoms with Crippen molar-refractivity contribution in [3.63, 3.8) is 0 Å². The van der Waals surface area contributed by atoms with Crippen molar-refractivity contribution in [2.45, 2.75) is 19.8 Å². The molecule has 0 bridgehead atoms. The molecule has 0 unspecified atom stereocenters. The fourth-order valence-corrected chi connectivity index (χ4v) is 1.97. The number of rotatable bonds is 4. The Hall–Kier alpha value is -2.57. The predicted molar refractivity (Wildman–Crippen MR) is 79.5 cm³/mol. The third kappa shape index (κ3) is 3.13. The van der Waals surface area contributed by atoms with Gasteiger partial charge in [-0.25, -0.2) is 14.6 Å². The molecule has 21 heavy (non-hydrogen) atoms. The minimum absolute atomic E-state index is 0.0112. The van der Waals surface area contributed by atoms with E-state index in [-0.39, 0.29) is 5.95 Å². The van der Waals surface area contributed by atoms with Gasteiger partial charge in [0.1, 0.15) is 0 Å². The van der Waals surface area contributed by atoms with Crippen LogP contribution in [0.3, 0.4) is 0 Å². The summed E-state index contributed by atoms with van der Waals surface area (Å²) in [5.41, 5.74) is 1.30. The number of carboxylic acid groups (broad SMARTS) is 1. The number of aromatic amines is 1. The van der Waals surface area contributed by atoms with Gasteiger partial charge in [0, 0.05) is 13.6 Å². The Labute approximate surface area is 122 Å². The van der Waals surface area contributed by atoms with Crippen LogP contribution in [0.5, 0.6) is 0 Å². The number of benzene rings is 1. The molecule has 0 spiro atoms. The van der Waals surface area contributed by atoms with Crippen LogP contribution < -0.4 is 4.90 Å². The van der Waals surface area contributed by atoms with Crippen molar-refractivity contribution >= 4 is 29.1 Å². The maximum absolute atomic E-state index is 12.3. The number of nitrogens with one attached hydrogen (secondary N) is 1. The molecule has 112 valence electrons. The van der Waals surface area contributed by atoms with E-state index in [1.165, 1.54) is 4.90 Å². The number of H-pyrrole nitrogens is 1. The van der Waals surface area contributed by atoms with E-state index in [4.69, 9.17) is 0 Å². The Morgan fingerprint density at radius 2 is 2.05 bits per heavy atom. The van der Waals surface area contributed by atoms with Crippen LogP contribution in [0.15, 0.2) is 24.3 Å². The number of nitrogens with zero attached hydrogens (tertiary/aromatic N) is 3. The molecule has 1 heterocycles. The fraction of sp³-hybridized carbons (Fsp3) is 0.357. The Kier molecular flexibility index (Phi) is 4.42. The lowest BCUT2D eigenvalue weighted by Crippen LogP contribution is -2.45. The second kappa shape index (κ2) is 6.25. The summed E-state index contributed by atoms with van der Waals surface area (Å²) in [5.74, 6) is 0.0112. The van der Waals surface area contributed by atoms with Crippen LogP contribution in [0.1, 0.15) is 19.8 Å². The third-order valence-corrected chi connectivity index (χ3v) is 3.14. The van der Waals surface area contributed by atoms with Gasteiger partial charge in [-0.15, -0.1) is 0 Å². The van der Waals surface area contributed by atoms with Gasteiger partial charge >= 0.3 is 12.1 Å². The Morgan fingerprint density at radius 1 is 1.33 bits per heavy atom. The van der Waals surface area contributed by atoms with Crippen LogP contribution in [-0.2, 0) is 0 Å². The van der Waals surface area contributed by atoms with E-state index in [1.54, 1.807) is 25.2 Å². The van der Waals surface area contributed by atoms with Crippen LogP contribution in [0.25, 0.3) is 11.0 Å². The molecule has 0 aliphatic carbocycles. The highest BCUT2D eigenvalue weighted by atomic mass is 16.4. The summed E-state index contributed by atoms with van der Waals surface area (Å²) >= 11 is 0. The number of imide groups is 1. The monoisotopic (exact) mass is 290 g/mol. The smallest absolute Gasteiger partial charge is 0.422 e. The predicted octanol–water partition coefficient (Wildman–Crippen LogP) is 2.90. The van der Waals surface area contributed by atoms with Gasteiger partial charge in [-0.3, -0.25) is 0 Å². The molecule has 2 N–H and O–H groups in total. The van der Waals surface area contributed by atoms with Crippen molar-refractivity contribution < 1.29 is 14.7 Å². The summed E-state index contributed by atoms with van der Waals surface area (Å²) in [6.07, 6.45) is 0.382. The summed E-state index contributed by atoms with van der Waals surface area (Å²) in [7, 11) is 1.58. The Morgan fingerprint density at radius 3 is 2.67 bits per heavy atom. The number of amides is 3. The van der Waals surface area contributed by atoms with Gasteiger partial charge in [0.15, 0.2) is 0 Å². The summed E-state index contributed by atoms with van der Waals surface area (Å²) < 4.78 is 0. The summed E-state index contributed by atoms with van der Waals surface area (Å²) in [4.78, 5) is 32.7. The number of fused-ring (bicyclic) bond motifs is 1. The summed E-state index contributed by atoms with van der Waals surface area (Å²) in [6.45, 7) is 2.51. The fourth-order valence-electron chi connectivity index (χ4n) is 1.97. The molecule has 0 saturated heterocycles. The van der Waals surface area contributed by atoms with Gasteiger partial charge in [-0.05, 0) is 18.6 Å². The zero-order valence-corrected chi connectivity index (χ0v) is 12.0. The molecule has 1 aromatic carbocycles. The van der Waals surface area contributed by atoms with E-state index in [0.29, 0.717) is 22.5 Å². The van der Waals surface area contributed by atoms with Crippen LogP contribution in [0.4, 0.5) is 15.5 Å². The molecule has 2 aromatic rings. The molecule has 7 nitrogen and oxygen atoms in total. The van der Waals surface area contributed by atoms with E-state index in [0.717, 1.165) is 12.8 Å². The minimum atomic E-state index is -1.36. The number of urea groups is 1. The molecule has 0 aliphatic heterocycles. The van der Waals surface area contributed by atoms with Crippen molar-refractivity contribution in [2.24, 2.45) is 0 Å². The van der Waals surface area contributed by atoms with Crippen LogP contribution >= 0.6 is 0 Å². The van der Waals surface area contributed by atoms with E-state index < -0.39 is 12.1 Å². The lowest BCUT2D eigenvalue weighted by atomic mass is 10.3. The van der Waals surface area contributed by atoms with Gasteiger partial charge in [-0.1, -0.05) is 25.5 Å². The van der Waals surface area contributed by atoms with E-state index in [2.05, 4.69) is 9.97 Å². The van der Waals surface area contributed by atoms with Gasteiger partial charge < -0.3 is 15.0 Å². The molecule has 0 aliphatic rings. The van der Waals surface area contributed by atoms with Crippen molar-refractivity contribution in [1.29, 1.82) is 0 Å². The van der Waals surface area contributed by atoms with Crippen LogP contribution in [-0.4, -0.2) is 45.7 Å². The van der Waals surface area contributed by atoms with E-state index in [9.17, 15) is 14.7 Å². The highest BCUT2D eigenvalue weighted by Crippen LogP contribution is 2.18. The number of unbranched alkanes of at least 4 members (excludes halogenated alkanes) is 1. The molecule has 0 saturated carbocycles. The lowest BCUT2D eigenvalue weighted by molar-refractivity contribution is 0.190. The van der Waals surface area contributed by atoms with E-state index in [1.807, 2.05) is 13.0 Å². The van der Waals surface area contributed by atoms with Gasteiger partial charge in [0.2, 0.25) is 5.95 Å². The van der Waals surface area contributed by atoms with Gasteiger partial charge in [-0.2, -0.15) is 4.90 Å². The summed E-state index contributed by atoms with van der Waals surface area (Å²) in [5, 5.41) is 9.31. The number of imidazole rings is 1. The molecule has 3 amide bonds. The van der Waals surface area contributed by atoms with Crippen molar-refractivity contribution in [3.8, 4) is 0 Å². The zero-order chi connectivity index (χ0) is 15.4.